The lowest BCUT2D eigenvalue weighted by molar-refractivity contribution is -0.490. The number of hydrogen-bond acceptors (Lipinski definition) is 8. The molecule has 8 heteroatoms. The smallest absolute Gasteiger partial charge is 0.223 e. The van der Waals surface area contributed by atoms with Crippen LogP contribution in [0.2, 0.25) is 0 Å². The van der Waals surface area contributed by atoms with E-state index in [4.69, 9.17) is 33.2 Å². The third-order valence-electron chi connectivity index (χ3n) is 7.66. The summed E-state index contributed by atoms with van der Waals surface area (Å²) in [6, 6.07) is 20.3. The van der Waals surface area contributed by atoms with Crippen LogP contribution in [0, 0.1) is 0 Å². The van der Waals surface area contributed by atoms with Gasteiger partial charge in [0.25, 0.3) is 0 Å². The summed E-state index contributed by atoms with van der Waals surface area (Å²) in [7, 11) is 3.34. The number of rotatable bonds is 10. The number of hydrogen-bond donors (Lipinski definition) is 0. The maximum Gasteiger partial charge on any atom is 0.223 e. The van der Waals surface area contributed by atoms with Crippen molar-refractivity contribution in [3.63, 3.8) is 0 Å². The van der Waals surface area contributed by atoms with Crippen molar-refractivity contribution in [2.24, 2.45) is 0 Å². The van der Waals surface area contributed by atoms with Crippen LogP contribution in [0.1, 0.15) is 36.8 Å². The lowest BCUT2D eigenvalue weighted by atomic mass is 9.84. The molecule has 1 saturated carbocycles. The van der Waals surface area contributed by atoms with E-state index < -0.39 is 23.8 Å². The predicted molar refractivity (Wildman–Crippen MR) is 141 cm³/mol. The number of benzene rings is 2. The number of fused-ring (bicyclic) bond motifs is 2. The molecule has 2 heterocycles. The third-order valence-corrected chi connectivity index (χ3v) is 8.50. The van der Waals surface area contributed by atoms with Crippen LogP contribution in [0.3, 0.4) is 0 Å². The molecule has 0 spiro atoms. The number of thioether (sulfide) groups is 1. The lowest BCUT2D eigenvalue weighted by Gasteiger charge is -2.60. The predicted octanol–water partition coefficient (Wildman–Crippen LogP) is 4.92. The van der Waals surface area contributed by atoms with E-state index in [-0.39, 0.29) is 17.6 Å². The first-order valence-corrected chi connectivity index (χ1v) is 14.3. The van der Waals surface area contributed by atoms with Gasteiger partial charge in [0, 0.05) is 27.1 Å². The van der Waals surface area contributed by atoms with Crippen molar-refractivity contribution in [3.05, 3.63) is 71.8 Å². The van der Waals surface area contributed by atoms with Crippen LogP contribution in [0.5, 0.6) is 0 Å². The molecule has 0 N–H and O–H groups in total. The van der Waals surface area contributed by atoms with Crippen molar-refractivity contribution in [1.82, 2.24) is 0 Å². The van der Waals surface area contributed by atoms with Gasteiger partial charge in [-0.2, -0.15) is 0 Å². The second-order valence-electron chi connectivity index (χ2n) is 9.83. The molecule has 2 saturated heterocycles. The van der Waals surface area contributed by atoms with Gasteiger partial charge in [0.2, 0.25) is 11.6 Å². The number of methoxy groups -OCH3 is 2. The molecule has 1 aliphatic carbocycles. The molecule has 2 aromatic carbocycles. The molecular formula is C29H38O7S. The first-order chi connectivity index (χ1) is 18.1. The number of ether oxygens (including phenoxy) is 7. The molecule has 37 heavy (non-hydrogen) atoms. The van der Waals surface area contributed by atoms with E-state index >= 15 is 0 Å². The van der Waals surface area contributed by atoms with Gasteiger partial charge in [-0.15, -0.1) is 11.8 Å². The molecule has 7 nitrogen and oxygen atoms in total. The molecule has 0 radical (unpaired) electrons. The van der Waals surface area contributed by atoms with Gasteiger partial charge in [-0.05, 0) is 30.2 Å². The zero-order chi connectivity index (χ0) is 25.7. The second-order valence-corrected chi connectivity index (χ2v) is 10.8. The Balaban J connectivity index is 1.40. The van der Waals surface area contributed by atoms with Gasteiger partial charge < -0.3 is 33.2 Å². The highest BCUT2D eigenvalue weighted by Gasteiger charge is 2.66. The Morgan fingerprint density at radius 1 is 0.811 bits per heavy atom. The monoisotopic (exact) mass is 530 g/mol. The zero-order valence-corrected chi connectivity index (χ0v) is 22.7. The molecule has 3 fully saturated rings. The molecule has 7 atom stereocenters. The van der Waals surface area contributed by atoms with E-state index in [9.17, 15) is 0 Å². The quantitative estimate of drug-likeness (QED) is 0.429. The van der Waals surface area contributed by atoms with Gasteiger partial charge in [-0.1, -0.05) is 60.7 Å². The van der Waals surface area contributed by atoms with Crippen LogP contribution in [0.25, 0.3) is 0 Å². The van der Waals surface area contributed by atoms with E-state index in [0.717, 1.165) is 24.0 Å². The maximum absolute atomic E-state index is 6.91. The van der Waals surface area contributed by atoms with Gasteiger partial charge >= 0.3 is 0 Å². The molecule has 0 unspecified atom stereocenters. The summed E-state index contributed by atoms with van der Waals surface area (Å²) < 4.78 is 45.1. The summed E-state index contributed by atoms with van der Waals surface area (Å²) in [5.41, 5.74) is 1.95. The summed E-state index contributed by atoms with van der Waals surface area (Å²) in [6.07, 6.45) is 3.76. The summed E-state index contributed by atoms with van der Waals surface area (Å²) in [5, 5.41) is 0. The molecule has 5 rings (SSSR count). The third kappa shape index (κ3) is 5.49. The lowest BCUT2D eigenvalue weighted by Crippen LogP contribution is -2.75. The fourth-order valence-corrected chi connectivity index (χ4v) is 6.49. The summed E-state index contributed by atoms with van der Waals surface area (Å²) in [5.74, 6) is -2.02. The standard InChI is InChI=1S/C29H38O7S/c1-30-28-16-10-11-17-29(28,31-2)36-25-24(35-28)23(20-32-18-21-12-6-4-7-13-21)34-27(37-3)26(25)33-19-22-14-8-5-9-15-22/h4-9,12-15,23-27H,10-11,16-20H2,1-3H3/t23-,24-,25+,26-,27+,28+,29+/m1/s1. The summed E-state index contributed by atoms with van der Waals surface area (Å²) >= 11 is 1.61. The van der Waals surface area contributed by atoms with Gasteiger partial charge in [0.1, 0.15) is 29.9 Å². The maximum atomic E-state index is 6.91. The van der Waals surface area contributed by atoms with E-state index in [0.29, 0.717) is 32.7 Å². The van der Waals surface area contributed by atoms with Gasteiger partial charge in [0.15, 0.2) is 0 Å². The average Bonchev–Trinajstić information content (AvgIpc) is 2.96. The van der Waals surface area contributed by atoms with Crippen molar-refractivity contribution in [2.45, 2.75) is 80.3 Å². The molecule has 202 valence electrons. The van der Waals surface area contributed by atoms with Crippen LogP contribution >= 0.6 is 11.8 Å². The molecule has 0 amide bonds. The molecular weight excluding hydrogens is 492 g/mol. The van der Waals surface area contributed by atoms with Crippen LogP contribution < -0.4 is 0 Å². The Hall–Kier alpha value is -1.49. The topological polar surface area (TPSA) is 64.6 Å². The van der Waals surface area contributed by atoms with Crippen molar-refractivity contribution in [3.8, 4) is 0 Å². The first kappa shape index (κ1) is 27.1. The highest BCUT2D eigenvalue weighted by atomic mass is 32.2. The summed E-state index contributed by atoms with van der Waals surface area (Å²) in [6.45, 7) is 1.30. The van der Waals surface area contributed by atoms with Gasteiger partial charge in [-0.3, -0.25) is 0 Å². The fraction of sp³-hybridized carbons (Fsp3) is 0.586. The minimum absolute atomic E-state index is 0.258. The Labute approximate surface area is 224 Å². The van der Waals surface area contributed by atoms with Gasteiger partial charge in [0.05, 0.1) is 19.8 Å². The van der Waals surface area contributed by atoms with E-state index in [1.54, 1.807) is 26.0 Å². The molecule has 2 aliphatic heterocycles. The Morgan fingerprint density at radius 3 is 1.95 bits per heavy atom. The normalized spacial score (nSPS) is 35.5. The fourth-order valence-electron chi connectivity index (χ4n) is 5.73. The van der Waals surface area contributed by atoms with E-state index in [1.807, 2.05) is 42.7 Å². The molecule has 2 aromatic rings. The zero-order valence-electron chi connectivity index (χ0n) is 21.9. The van der Waals surface area contributed by atoms with E-state index in [1.165, 1.54) is 0 Å². The van der Waals surface area contributed by atoms with Crippen molar-refractivity contribution >= 4 is 11.8 Å². The minimum atomic E-state index is -1.02. The molecule has 3 aliphatic rings. The molecule has 0 bridgehead atoms. The Morgan fingerprint density at radius 2 is 1.38 bits per heavy atom. The Kier molecular flexibility index (Phi) is 8.89. The summed E-state index contributed by atoms with van der Waals surface area (Å²) in [4.78, 5) is 0. The Bertz CT molecular complexity index is 979. The van der Waals surface area contributed by atoms with Crippen LogP contribution in [0.15, 0.2) is 60.7 Å². The second kappa shape index (κ2) is 12.1. The van der Waals surface area contributed by atoms with Crippen molar-refractivity contribution in [2.75, 3.05) is 27.1 Å². The van der Waals surface area contributed by atoms with Crippen molar-refractivity contribution < 1.29 is 33.2 Å². The van der Waals surface area contributed by atoms with Gasteiger partial charge in [-0.25, -0.2) is 0 Å². The van der Waals surface area contributed by atoms with Crippen molar-refractivity contribution in [1.29, 1.82) is 0 Å². The highest BCUT2D eigenvalue weighted by molar-refractivity contribution is 7.99. The minimum Gasteiger partial charge on any atom is -0.374 e. The van der Waals surface area contributed by atoms with Crippen LogP contribution in [-0.4, -0.2) is 68.5 Å². The van der Waals surface area contributed by atoms with E-state index in [2.05, 4.69) is 24.3 Å². The average molecular weight is 531 g/mol. The van der Waals surface area contributed by atoms with Crippen LogP contribution in [-0.2, 0) is 46.4 Å². The largest absolute Gasteiger partial charge is 0.374 e. The highest BCUT2D eigenvalue weighted by Crippen LogP contribution is 2.52. The SMILES string of the molecule is CO[C@]12CCCC[C@]1(OC)O[C@H]1[C@H](O2)[C@@H](OCc2ccccc2)[C@H](SC)O[C@@H]1COCc1ccccc1. The first-order valence-electron chi connectivity index (χ1n) is 13.0. The molecule has 0 aromatic heterocycles. The van der Waals surface area contributed by atoms with Crippen LogP contribution in [0.4, 0.5) is 0 Å².